The maximum atomic E-state index is 11.5. The summed E-state index contributed by atoms with van der Waals surface area (Å²) in [5, 5.41) is 8.64. The maximum absolute atomic E-state index is 11.5. The van der Waals surface area contributed by atoms with Gasteiger partial charge in [0, 0.05) is 12.0 Å². The van der Waals surface area contributed by atoms with Crippen molar-refractivity contribution >= 4 is 11.8 Å². The van der Waals surface area contributed by atoms with Gasteiger partial charge in [-0.1, -0.05) is 18.9 Å². The average molecular weight is 196 g/mol. The first kappa shape index (κ1) is 11.0. The summed E-state index contributed by atoms with van der Waals surface area (Å²) < 4.78 is 0. The molecule has 0 aromatic heterocycles. The first-order valence-corrected chi connectivity index (χ1v) is 5.00. The van der Waals surface area contributed by atoms with Gasteiger partial charge in [-0.15, -0.1) is 0 Å². The summed E-state index contributed by atoms with van der Waals surface area (Å²) in [6.45, 7) is 3.97. The largest absolute Gasteiger partial charge is 0.481 e. The van der Waals surface area contributed by atoms with Crippen molar-refractivity contribution in [2.75, 3.05) is 0 Å². The summed E-state index contributed by atoms with van der Waals surface area (Å²) in [6, 6.07) is 0. The van der Waals surface area contributed by atoms with Crippen LogP contribution in [0.5, 0.6) is 0 Å². The Kier molecular flexibility index (Phi) is 3.44. The first-order chi connectivity index (χ1) is 6.56. The third-order valence-electron chi connectivity index (χ3n) is 2.82. The third kappa shape index (κ3) is 2.22. The van der Waals surface area contributed by atoms with Crippen LogP contribution in [0.15, 0.2) is 11.1 Å². The molecule has 0 saturated carbocycles. The molecule has 0 aromatic rings. The van der Waals surface area contributed by atoms with E-state index in [1.807, 2.05) is 6.92 Å². The van der Waals surface area contributed by atoms with Crippen molar-refractivity contribution in [2.45, 2.75) is 39.5 Å². The number of carbonyl (C=O) groups is 2. The van der Waals surface area contributed by atoms with Crippen molar-refractivity contribution in [3.8, 4) is 0 Å². The predicted molar refractivity (Wildman–Crippen MR) is 53.0 cm³/mol. The van der Waals surface area contributed by atoms with E-state index < -0.39 is 5.97 Å². The smallest absolute Gasteiger partial charge is 0.307 e. The third-order valence-corrected chi connectivity index (χ3v) is 2.82. The molecule has 1 unspecified atom stereocenters. The first-order valence-electron chi connectivity index (χ1n) is 5.00. The zero-order valence-corrected chi connectivity index (χ0v) is 8.67. The molecule has 0 aromatic carbocycles. The van der Waals surface area contributed by atoms with E-state index in [2.05, 4.69) is 6.92 Å². The molecule has 3 nitrogen and oxygen atoms in total. The van der Waals surface area contributed by atoms with E-state index in [1.54, 1.807) is 0 Å². The van der Waals surface area contributed by atoms with Crippen molar-refractivity contribution < 1.29 is 14.7 Å². The average Bonchev–Trinajstić information content (AvgIpc) is 2.33. The molecule has 1 rings (SSSR count). The van der Waals surface area contributed by atoms with Crippen LogP contribution in [0.25, 0.3) is 0 Å². The number of carboxylic acid groups (broad SMARTS) is 1. The van der Waals surface area contributed by atoms with Gasteiger partial charge in [0.1, 0.15) is 0 Å². The molecule has 0 fully saturated rings. The van der Waals surface area contributed by atoms with Gasteiger partial charge in [0.15, 0.2) is 5.78 Å². The standard InChI is InChI=1S/C11H16O3/c1-3-4-8-5-10(12)9(7(8)2)6-11(13)14/h8H,3-6H2,1-2H3,(H,13,14). The summed E-state index contributed by atoms with van der Waals surface area (Å²) in [5.74, 6) is -0.588. The summed E-state index contributed by atoms with van der Waals surface area (Å²) in [7, 11) is 0. The lowest BCUT2D eigenvalue weighted by Crippen LogP contribution is -2.03. The van der Waals surface area contributed by atoms with Crippen LogP contribution in [0.3, 0.4) is 0 Å². The highest BCUT2D eigenvalue weighted by atomic mass is 16.4. The lowest BCUT2D eigenvalue weighted by atomic mass is 9.97. The van der Waals surface area contributed by atoms with Crippen LogP contribution >= 0.6 is 0 Å². The Labute approximate surface area is 83.8 Å². The second-order valence-corrected chi connectivity index (χ2v) is 3.84. The number of Topliss-reactive ketones (excluding diaryl/α,β-unsaturated/α-hetero) is 1. The second kappa shape index (κ2) is 4.40. The van der Waals surface area contributed by atoms with Crippen LogP contribution in [-0.4, -0.2) is 16.9 Å². The van der Waals surface area contributed by atoms with Gasteiger partial charge < -0.3 is 5.11 Å². The Morgan fingerprint density at radius 1 is 1.57 bits per heavy atom. The molecule has 0 aliphatic heterocycles. The van der Waals surface area contributed by atoms with Crippen LogP contribution in [0, 0.1) is 5.92 Å². The molecule has 1 aliphatic carbocycles. The van der Waals surface area contributed by atoms with Gasteiger partial charge in [-0.25, -0.2) is 0 Å². The molecule has 0 saturated heterocycles. The fourth-order valence-electron chi connectivity index (χ4n) is 2.02. The minimum atomic E-state index is -0.912. The van der Waals surface area contributed by atoms with Gasteiger partial charge in [0.2, 0.25) is 0 Å². The minimum absolute atomic E-state index is 0.0309. The number of carbonyl (C=O) groups excluding carboxylic acids is 1. The fourth-order valence-corrected chi connectivity index (χ4v) is 2.02. The van der Waals surface area contributed by atoms with Gasteiger partial charge in [-0.05, 0) is 19.3 Å². The SMILES string of the molecule is CCCC1CC(=O)C(CC(=O)O)=C1C. The lowest BCUT2D eigenvalue weighted by molar-refractivity contribution is -0.136. The highest BCUT2D eigenvalue weighted by Crippen LogP contribution is 2.33. The minimum Gasteiger partial charge on any atom is -0.481 e. The molecule has 14 heavy (non-hydrogen) atoms. The number of ketones is 1. The van der Waals surface area contributed by atoms with E-state index >= 15 is 0 Å². The second-order valence-electron chi connectivity index (χ2n) is 3.84. The molecule has 1 N–H and O–H groups in total. The molecular weight excluding hydrogens is 180 g/mol. The van der Waals surface area contributed by atoms with E-state index in [-0.39, 0.29) is 12.2 Å². The Morgan fingerprint density at radius 2 is 2.21 bits per heavy atom. The fraction of sp³-hybridized carbons (Fsp3) is 0.636. The normalized spacial score (nSPS) is 21.9. The zero-order chi connectivity index (χ0) is 10.7. The Hall–Kier alpha value is -1.12. The van der Waals surface area contributed by atoms with Crippen LogP contribution < -0.4 is 0 Å². The molecule has 0 radical (unpaired) electrons. The molecule has 1 aliphatic rings. The van der Waals surface area contributed by atoms with E-state index in [4.69, 9.17) is 5.11 Å². The monoisotopic (exact) mass is 196 g/mol. The van der Waals surface area contributed by atoms with Crippen molar-refractivity contribution in [1.29, 1.82) is 0 Å². The van der Waals surface area contributed by atoms with Gasteiger partial charge >= 0.3 is 5.97 Å². The van der Waals surface area contributed by atoms with E-state index in [0.717, 1.165) is 18.4 Å². The van der Waals surface area contributed by atoms with Crippen molar-refractivity contribution in [3.63, 3.8) is 0 Å². The summed E-state index contributed by atoms with van der Waals surface area (Å²) >= 11 is 0. The molecule has 1 atom stereocenters. The van der Waals surface area contributed by atoms with Gasteiger partial charge in [0.05, 0.1) is 6.42 Å². The molecule has 0 bridgehead atoms. The molecular formula is C11H16O3. The molecule has 0 amide bonds. The van der Waals surface area contributed by atoms with Crippen molar-refractivity contribution in [2.24, 2.45) is 5.92 Å². The summed E-state index contributed by atoms with van der Waals surface area (Å²) in [5.41, 5.74) is 1.54. The van der Waals surface area contributed by atoms with E-state index in [1.165, 1.54) is 0 Å². The lowest BCUT2D eigenvalue weighted by Gasteiger charge is -2.08. The van der Waals surface area contributed by atoms with Crippen LogP contribution in [0.4, 0.5) is 0 Å². The molecule has 0 heterocycles. The van der Waals surface area contributed by atoms with Crippen molar-refractivity contribution in [3.05, 3.63) is 11.1 Å². The molecule has 3 heteroatoms. The Balaban J connectivity index is 2.78. The van der Waals surface area contributed by atoms with Gasteiger partial charge in [-0.3, -0.25) is 9.59 Å². The van der Waals surface area contributed by atoms with Crippen LogP contribution in [0.1, 0.15) is 39.5 Å². The van der Waals surface area contributed by atoms with Gasteiger partial charge in [-0.2, -0.15) is 0 Å². The number of rotatable bonds is 4. The van der Waals surface area contributed by atoms with Crippen LogP contribution in [-0.2, 0) is 9.59 Å². The van der Waals surface area contributed by atoms with Gasteiger partial charge in [0.25, 0.3) is 0 Å². The summed E-state index contributed by atoms with van der Waals surface area (Å²) in [6.07, 6.45) is 2.43. The van der Waals surface area contributed by atoms with E-state index in [0.29, 0.717) is 17.9 Å². The maximum Gasteiger partial charge on any atom is 0.307 e. The number of aliphatic carboxylic acids is 1. The highest BCUT2D eigenvalue weighted by molar-refractivity contribution is 6.02. The number of hydrogen-bond donors (Lipinski definition) is 1. The summed E-state index contributed by atoms with van der Waals surface area (Å²) in [4.78, 5) is 22.0. The molecule has 78 valence electrons. The predicted octanol–water partition coefficient (Wildman–Crippen LogP) is 2.17. The Morgan fingerprint density at radius 3 is 2.71 bits per heavy atom. The number of carboxylic acids is 1. The quantitative estimate of drug-likeness (QED) is 0.749. The van der Waals surface area contributed by atoms with Crippen molar-refractivity contribution in [1.82, 2.24) is 0 Å². The number of hydrogen-bond acceptors (Lipinski definition) is 2. The topological polar surface area (TPSA) is 54.4 Å². The van der Waals surface area contributed by atoms with Crippen LogP contribution in [0.2, 0.25) is 0 Å². The highest BCUT2D eigenvalue weighted by Gasteiger charge is 2.29. The Bertz CT molecular complexity index is 289. The van der Waals surface area contributed by atoms with E-state index in [9.17, 15) is 9.59 Å². The number of allylic oxidation sites excluding steroid dienone is 1. The zero-order valence-electron chi connectivity index (χ0n) is 8.67. The molecule has 0 spiro atoms.